The molecule has 27 heavy (non-hydrogen) atoms. The highest BCUT2D eigenvalue weighted by atomic mass is 16.5. The molecule has 1 saturated heterocycles. The van der Waals surface area contributed by atoms with Gasteiger partial charge < -0.3 is 19.5 Å². The van der Waals surface area contributed by atoms with Crippen LogP contribution in [0.4, 0.5) is 5.69 Å². The molecule has 2 aromatic rings. The minimum Gasteiger partial charge on any atom is -0.497 e. The Labute approximate surface area is 160 Å². The van der Waals surface area contributed by atoms with E-state index in [1.165, 1.54) is 0 Å². The van der Waals surface area contributed by atoms with Gasteiger partial charge >= 0.3 is 0 Å². The first-order valence-corrected chi connectivity index (χ1v) is 9.04. The van der Waals surface area contributed by atoms with E-state index in [-0.39, 0.29) is 11.9 Å². The van der Waals surface area contributed by atoms with Crippen molar-refractivity contribution < 1.29 is 19.0 Å². The summed E-state index contributed by atoms with van der Waals surface area (Å²) >= 11 is 0. The first kappa shape index (κ1) is 19.0. The van der Waals surface area contributed by atoms with Crippen LogP contribution in [0.3, 0.4) is 0 Å². The Balaban J connectivity index is 1.70. The standard InChI is InChI=1S/C21H26N2O4/c1-25-16-7-4-6-15(12-16)22-21(24)14-23-11-5-8-19(23)18-10-9-17(26-2)13-20(18)27-3/h4,6-7,9-10,12-13,19H,5,8,11,14H2,1-3H3,(H,22,24)/t19-/m0/s1. The zero-order valence-electron chi connectivity index (χ0n) is 16.0. The maximum Gasteiger partial charge on any atom is 0.238 e. The average molecular weight is 370 g/mol. The Morgan fingerprint density at radius 2 is 1.85 bits per heavy atom. The third kappa shape index (κ3) is 4.52. The average Bonchev–Trinajstić information content (AvgIpc) is 3.15. The maximum absolute atomic E-state index is 12.6. The molecule has 1 fully saturated rings. The van der Waals surface area contributed by atoms with Gasteiger partial charge in [-0.15, -0.1) is 0 Å². The zero-order valence-corrected chi connectivity index (χ0v) is 16.0. The molecule has 0 bridgehead atoms. The lowest BCUT2D eigenvalue weighted by atomic mass is 10.0. The highest BCUT2D eigenvalue weighted by Gasteiger charge is 2.29. The van der Waals surface area contributed by atoms with Crippen LogP contribution in [-0.2, 0) is 4.79 Å². The van der Waals surface area contributed by atoms with Gasteiger partial charge in [0.1, 0.15) is 17.2 Å². The van der Waals surface area contributed by atoms with Gasteiger partial charge in [-0.25, -0.2) is 0 Å². The molecule has 0 unspecified atom stereocenters. The van der Waals surface area contributed by atoms with E-state index < -0.39 is 0 Å². The third-order valence-corrected chi connectivity index (χ3v) is 4.86. The second-order valence-electron chi connectivity index (χ2n) is 6.52. The van der Waals surface area contributed by atoms with Crippen molar-refractivity contribution in [3.8, 4) is 17.2 Å². The van der Waals surface area contributed by atoms with Crippen LogP contribution in [0.15, 0.2) is 42.5 Å². The largest absolute Gasteiger partial charge is 0.497 e. The van der Waals surface area contributed by atoms with Crippen LogP contribution in [-0.4, -0.2) is 45.2 Å². The topological polar surface area (TPSA) is 60.0 Å². The number of likely N-dealkylation sites (tertiary alicyclic amines) is 1. The zero-order chi connectivity index (χ0) is 19.2. The van der Waals surface area contributed by atoms with E-state index in [1.807, 2.05) is 42.5 Å². The lowest BCUT2D eigenvalue weighted by Crippen LogP contribution is -2.33. The van der Waals surface area contributed by atoms with Gasteiger partial charge in [0, 0.05) is 29.4 Å². The second kappa shape index (κ2) is 8.77. The van der Waals surface area contributed by atoms with E-state index in [9.17, 15) is 4.79 Å². The number of amides is 1. The molecule has 1 heterocycles. The first-order chi connectivity index (χ1) is 13.1. The Morgan fingerprint density at radius 3 is 2.59 bits per heavy atom. The summed E-state index contributed by atoms with van der Waals surface area (Å²) in [6, 6.07) is 13.4. The van der Waals surface area contributed by atoms with Crippen molar-refractivity contribution in [3.05, 3.63) is 48.0 Å². The quantitative estimate of drug-likeness (QED) is 0.808. The number of anilines is 1. The number of methoxy groups -OCH3 is 3. The minimum atomic E-state index is -0.0392. The predicted molar refractivity (Wildman–Crippen MR) is 105 cm³/mol. The van der Waals surface area contributed by atoms with Crippen molar-refractivity contribution in [1.82, 2.24) is 4.90 Å². The molecule has 1 N–H and O–H groups in total. The predicted octanol–water partition coefficient (Wildman–Crippen LogP) is 3.49. The van der Waals surface area contributed by atoms with Crippen LogP contribution in [0.5, 0.6) is 17.2 Å². The van der Waals surface area contributed by atoms with Crippen LogP contribution in [0.25, 0.3) is 0 Å². The minimum absolute atomic E-state index is 0.0392. The molecule has 0 aliphatic carbocycles. The Kier molecular flexibility index (Phi) is 6.19. The van der Waals surface area contributed by atoms with Crippen molar-refractivity contribution in [1.29, 1.82) is 0 Å². The number of rotatable bonds is 7. The number of benzene rings is 2. The van der Waals surface area contributed by atoms with Crippen LogP contribution < -0.4 is 19.5 Å². The third-order valence-electron chi connectivity index (χ3n) is 4.86. The molecule has 144 valence electrons. The number of nitrogens with one attached hydrogen (secondary N) is 1. The number of carbonyl (C=O) groups excluding carboxylic acids is 1. The Hall–Kier alpha value is -2.73. The molecule has 0 radical (unpaired) electrons. The molecular weight excluding hydrogens is 344 g/mol. The van der Waals surface area contributed by atoms with E-state index >= 15 is 0 Å². The fourth-order valence-electron chi connectivity index (χ4n) is 3.55. The lowest BCUT2D eigenvalue weighted by Gasteiger charge is -2.26. The summed E-state index contributed by atoms with van der Waals surface area (Å²) in [4.78, 5) is 14.7. The van der Waals surface area contributed by atoms with Crippen LogP contribution in [0.1, 0.15) is 24.4 Å². The maximum atomic E-state index is 12.6. The molecule has 3 rings (SSSR count). The smallest absolute Gasteiger partial charge is 0.238 e. The van der Waals surface area contributed by atoms with E-state index in [2.05, 4.69) is 10.2 Å². The van der Waals surface area contributed by atoms with Gasteiger partial charge in [-0.3, -0.25) is 9.69 Å². The molecule has 0 spiro atoms. The van der Waals surface area contributed by atoms with Gasteiger partial charge in [-0.1, -0.05) is 12.1 Å². The molecule has 1 aliphatic rings. The number of hydrogen-bond acceptors (Lipinski definition) is 5. The normalized spacial score (nSPS) is 16.8. The van der Waals surface area contributed by atoms with Gasteiger partial charge in [-0.05, 0) is 37.6 Å². The summed E-state index contributed by atoms with van der Waals surface area (Å²) in [5.74, 6) is 2.23. The molecule has 1 amide bonds. The van der Waals surface area contributed by atoms with Gasteiger partial charge in [0.15, 0.2) is 0 Å². The molecule has 0 saturated carbocycles. The highest BCUT2D eigenvalue weighted by Crippen LogP contribution is 2.38. The van der Waals surface area contributed by atoms with Crippen LogP contribution in [0.2, 0.25) is 0 Å². The molecular formula is C21H26N2O4. The Morgan fingerprint density at radius 1 is 1.07 bits per heavy atom. The molecule has 1 aliphatic heterocycles. The molecule has 0 aromatic heterocycles. The van der Waals surface area contributed by atoms with E-state index in [1.54, 1.807) is 21.3 Å². The van der Waals surface area contributed by atoms with Gasteiger partial charge in [0.2, 0.25) is 5.91 Å². The lowest BCUT2D eigenvalue weighted by molar-refractivity contribution is -0.117. The van der Waals surface area contributed by atoms with E-state index in [0.29, 0.717) is 6.54 Å². The Bertz CT molecular complexity index is 794. The van der Waals surface area contributed by atoms with Gasteiger partial charge in [-0.2, -0.15) is 0 Å². The SMILES string of the molecule is COc1cccc(NC(=O)CN2CCC[C@H]2c2ccc(OC)cc2OC)c1. The van der Waals surface area contributed by atoms with Crippen LogP contribution in [0, 0.1) is 0 Å². The fraction of sp³-hybridized carbons (Fsp3) is 0.381. The van der Waals surface area contributed by atoms with Crippen LogP contribution >= 0.6 is 0 Å². The summed E-state index contributed by atoms with van der Waals surface area (Å²) in [7, 11) is 4.91. The monoisotopic (exact) mass is 370 g/mol. The number of ether oxygens (including phenoxy) is 3. The molecule has 1 atom stereocenters. The van der Waals surface area contributed by atoms with Crippen molar-refractivity contribution in [2.24, 2.45) is 0 Å². The van der Waals surface area contributed by atoms with Crippen molar-refractivity contribution in [2.75, 3.05) is 39.7 Å². The summed E-state index contributed by atoms with van der Waals surface area (Å²) < 4.78 is 16.0. The number of carbonyl (C=O) groups is 1. The molecule has 6 heteroatoms. The second-order valence-corrected chi connectivity index (χ2v) is 6.52. The van der Waals surface area contributed by atoms with Crippen molar-refractivity contribution in [3.63, 3.8) is 0 Å². The number of hydrogen-bond donors (Lipinski definition) is 1. The fourth-order valence-corrected chi connectivity index (χ4v) is 3.55. The summed E-state index contributed by atoms with van der Waals surface area (Å²) in [6.45, 7) is 1.21. The van der Waals surface area contributed by atoms with Crippen molar-refractivity contribution in [2.45, 2.75) is 18.9 Å². The summed E-state index contributed by atoms with van der Waals surface area (Å²) in [5.41, 5.74) is 1.82. The first-order valence-electron chi connectivity index (χ1n) is 9.04. The molecule has 2 aromatic carbocycles. The summed E-state index contributed by atoms with van der Waals surface area (Å²) in [6.07, 6.45) is 2.04. The highest BCUT2D eigenvalue weighted by molar-refractivity contribution is 5.92. The van der Waals surface area contributed by atoms with E-state index in [0.717, 1.165) is 47.9 Å². The van der Waals surface area contributed by atoms with E-state index in [4.69, 9.17) is 14.2 Å². The number of nitrogens with zero attached hydrogens (tertiary/aromatic N) is 1. The van der Waals surface area contributed by atoms with Crippen molar-refractivity contribution >= 4 is 11.6 Å². The van der Waals surface area contributed by atoms with Gasteiger partial charge in [0.05, 0.1) is 27.9 Å². The van der Waals surface area contributed by atoms with Gasteiger partial charge in [0.25, 0.3) is 0 Å². The summed E-state index contributed by atoms with van der Waals surface area (Å²) in [5, 5.41) is 2.95. The molecule has 6 nitrogen and oxygen atoms in total.